The quantitative estimate of drug-likeness (QED) is 0.301. The SMILES string of the molecule is CCCNC(=O)[C@H](CC)N(Cc1ccc(C)cc1)C(=O)CN(c1cccc(C(F)(F)F)c1)S(=O)(=O)c1ccccc1. The Morgan fingerprint density at radius 1 is 0.927 bits per heavy atom. The Kier molecular flexibility index (Phi) is 10.6. The zero-order valence-corrected chi connectivity index (χ0v) is 24.0. The Morgan fingerprint density at radius 3 is 2.17 bits per heavy atom. The van der Waals surface area contributed by atoms with Gasteiger partial charge in [-0.15, -0.1) is 0 Å². The highest BCUT2D eigenvalue weighted by atomic mass is 32.2. The minimum atomic E-state index is -4.73. The standard InChI is InChI=1S/C30H34F3N3O4S/c1-4-18-34-29(38)27(5-2)35(20-23-16-14-22(3)15-17-23)28(37)21-36(41(39,40)26-12-7-6-8-13-26)25-11-9-10-24(19-25)30(31,32)33/h6-17,19,27H,4-5,18,20-21H2,1-3H3,(H,34,38)/t27-/m0/s1. The lowest BCUT2D eigenvalue weighted by Crippen LogP contribution is -2.52. The number of aryl methyl sites for hydroxylation is 1. The fraction of sp³-hybridized carbons (Fsp3) is 0.333. The fourth-order valence-electron chi connectivity index (χ4n) is 4.26. The molecule has 0 aliphatic heterocycles. The monoisotopic (exact) mass is 589 g/mol. The lowest BCUT2D eigenvalue weighted by molar-refractivity contribution is -0.140. The van der Waals surface area contributed by atoms with Crippen molar-refractivity contribution in [1.82, 2.24) is 10.2 Å². The topological polar surface area (TPSA) is 86.8 Å². The summed E-state index contributed by atoms with van der Waals surface area (Å²) in [5, 5.41) is 2.79. The molecule has 0 radical (unpaired) electrons. The van der Waals surface area contributed by atoms with Crippen LogP contribution in [-0.2, 0) is 32.3 Å². The predicted octanol–water partition coefficient (Wildman–Crippen LogP) is 5.54. The number of benzene rings is 3. The van der Waals surface area contributed by atoms with E-state index >= 15 is 0 Å². The van der Waals surface area contributed by atoms with E-state index in [0.29, 0.717) is 28.9 Å². The van der Waals surface area contributed by atoms with Crippen LogP contribution in [0.5, 0.6) is 0 Å². The van der Waals surface area contributed by atoms with Crippen LogP contribution in [0.1, 0.15) is 43.4 Å². The largest absolute Gasteiger partial charge is 0.416 e. The first kappa shape index (κ1) is 31.7. The molecule has 2 amide bonds. The van der Waals surface area contributed by atoms with Gasteiger partial charge < -0.3 is 10.2 Å². The first-order valence-corrected chi connectivity index (χ1v) is 14.7. The van der Waals surface area contributed by atoms with E-state index in [4.69, 9.17) is 0 Å². The number of halogens is 3. The molecule has 0 spiro atoms. The number of nitrogens with zero attached hydrogens (tertiary/aromatic N) is 2. The second kappa shape index (κ2) is 13.7. The Hall–Kier alpha value is -3.86. The number of amides is 2. The van der Waals surface area contributed by atoms with Gasteiger partial charge in [-0.3, -0.25) is 13.9 Å². The second-order valence-electron chi connectivity index (χ2n) is 9.60. The van der Waals surface area contributed by atoms with Crippen LogP contribution in [0.15, 0.2) is 83.8 Å². The molecule has 0 aliphatic rings. The second-order valence-corrected chi connectivity index (χ2v) is 11.5. The molecule has 0 saturated carbocycles. The Labute approximate surface area is 239 Å². The summed E-state index contributed by atoms with van der Waals surface area (Å²) in [6.45, 7) is 5.09. The summed E-state index contributed by atoms with van der Waals surface area (Å²) in [5.74, 6) is -1.13. The smallest absolute Gasteiger partial charge is 0.354 e. The van der Waals surface area contributed by atoms with Gasteiger partial charge in [-0.05, 0) is 55.7 Å². The number of sulfonamides is 1. The third-order valence-corrected chi connectivity index (χ3v) is 8.27. The maximum Gasteiger partial charge on any atom is 0.416 e. The Balaban J connectivity index is 2.09. The molecule has 0 heterocycles. The Bertz CT molecular complexity index is 1430. The first-order valence-electron chi connectivity index (χ1n) is 13.3. The molecule has 3 aromatic rings. The van der Waals surface area contributed by atoms with Gasteiger partial charge in [-0.25, -0.2) is 8.42 Å². The summed E-state index contributed by atoms with van der Waals surface area (Å²) < 4.78 is 68.9. The maximum atomic E-state index is 14.0. The first-order chi connectivity index (χ1) is 19.4. The molecule has 0 saturated heterocycles. The number of hydrogen-bond donors (Lipinski definition) is 1. The molecule has 0 aromatic heterocycles. The molecule has 3 aromatic carbocycles. The highest BCUT2D eigenvalue weighted by Gasteiger charge is 2.35. The lowest BCUT2D eigenvalue weighted by atomic mass is 10.1. The average Bonchev–Trinajstić information content (AvgIpc) is 2.95. The predicted molar refractivity (Wildman–Crippen MR) is 152 cm³/mol. The molecular formula is C30H34F3N3O4S. The van der Waals surface area contributed by atoms with Crippen LogP contribution in [0.3, 0.4) is 0 Å². The van der Waals surface area contributed by atoms with Crippen molar-refractivity contribution in [3.05, 3.63) is 95.6 Å². The van der Waals surface area contributed by atoms with Gasteiger partial charge in [0, 0.05) is 13.1 Å². The summed E-state index contributed by atoms with van der Waals surface area (Å²) in [5.41, 5.74) is 0.319. The van der Waals surface area contributed by atoms with Crippen LogP contribution in [0.25, 0.3) is 0 Å². The van der Waals surface area contributed by atoms with Gasteiger partial charge in [-0.2, -0.15) is 13.2 Å². The molecule has 0 unspecified atom stereocenters. The minimum Gasteiger partial charge on any atom is -0.354 e. The number of anilines is 1. The van der Waals surface area contributed by atoms with E-state index in [1.165, 1.54) is 35.2 Å². The fourth-order valence-corrected chi connectivity index (χ4v) is 5.69. The van der Waals surface area contributed by atoms with E-state index < -0.39 is 46.2 Å². The lowest BCUT2D eigenvalue weighted by Gasteiger charge is -2.33. The summed E-state index contributed by atoms with van der Waals surface area (Å²) >= 11 is 0. The number of hydrogen-bond acceptors (Lipinski definition) is 4. The molecule has 0 bridgehead atoms. The molecule has 3 rings (SSSR count). The molecule has 220 valence electrons. The van der Waals surface area contributed by atoms with E-state index in [-0.39, 0.29) is 23.5 Å². The average molecular weight is 590 g/mol. The number of rotatable bonds is 12. The highest BCUT2D eigenvalue weighted by molar-refractivity contribution is 7.92. The summed E-state index contributed by atoms with van der Waals surface area (Å²) in [6.07, 6.45) is -3.82. The summed E-state index contributed by atoms with van der Waals surface area (Å²) in [7, 11) is -4.47. The van der Waals surface area contributed by atoms with Gasteiger partial charge in [0.1, 0.15) is 12.6 Å². The van der Waals surface area contributed by atoms with Gasteiger partial charge in [0.2, 0.25) is 11.8 Å². The zero-order valence-electron chi connectivity index (χ0n) is 23.2. The van der Waals surface area contributed by atoms with Crippen molar-refractivity contribution in [2.45, 2.75) is 57.3 Å². The summed E-state index contributed by atoms with van der Waals surface area (Å²) in [4.78, 5) is 28.1. The van der Waals surface area contributed by atoms with Crippen LogP contribution >= 0.6 is 0 Å². The third-order valence-electron chi connectivity index (χ3n) is 6.48. The molecule has 1 N–H and O–H groups in total. The van der Waals surface area contributed by atoms with Crippen molar-refractivity contribution in [2.24, 2.45) is 0 Å². The summed E-state index contributed by atoms with van der Waals surface area (Å²) in [6, 6.07) is 17.4. The van der Waals surface area contributed by atoms with Crippen LogP contribution in [-0.4, -0.2) is 44.3 Å². The number of nitrogens with one attached hydrogen (secondary N) is 1. The molecule has 0 fully saturated rings. The zero-order chi connectivity index (χ0) is 30.2. The van der Waals surface area contributed by atoms with Gasteiger partial charge in [0.05, 0.1) is 16.1 Å². The molecule has 7 nitrogen and oxygen atoms in total. The number of carbonyl (C=O) groups excluding carboxylic acids is 2. The van der Waals surface area contributed by atoms with Gasteiger partial charge in [0.15, 0.2) is 0 Å². The van der Waals surface area contributed by atoms with Crippen molar-refractivity contribution in [3.63, 3.8) is 0 Å². The van der Waals surface area contributed by atoms with Crippen LogP contribution < -0.4 is 9.62 Å². The molecule has 0 aliphatic carbocycles. The van der Waals surface area contributed by atoms with E-state index in [9.17, 15) is 31.2 Å². The van der Waals surface area contributed by atoms with E-state index in [1.807, 2.05) is 26.0 Å². The van der Waals surface area contributed by atoms with Crippen LogP contribution in [0.4, 0.5) is 18.9 Å². The van der Waals surface area contributed by atoms with E-state index in [0.717, 1.165) is 17.7 Å². The number of alkyl halides is 3. The Morgan fingerprint density at radius 2 is 1.59 bits per heavy atom. The molecule has 1 atom stereocenters. The molecule has 41 heavy (non-hydrogen) atoms. The van der Waals surface area contributed by atoms with Crippen molar-refractivity contribution in [1.29, 1.82) is 0 Å². The third kappa shape index (κ3) is 8.09. The maximum absolute atomic E-state index is 14.0. The highest BCUT2D eigenvalue weighted by Crippen LogP contribution is 2.33. The van der Waals surface area contributed by atoms with Gasteiger partial charge >= 0.3 is 6.18 Å². The minimum absolute atomic E-state index is 0.00101. The van der Waals surface area contributed by atoms with E-state index in [2.05, 4.69) is 5.32 Å². The van der Waals surface area contributed by atoms with Crippen molar-refractivity contribution >= 4 is 27.5 Å². The van der Waals surface area contributed by atoms with Gasteiger partial charge in [-0.1, -0.05) is 67.9 Å². The molecular weight excluding hydrogens is 555 g/mol. The molecule has 11 heteroatoms. The van der Waals surface area contributed by atoms with Crippen molar-refractivity contribution in [2.75, 3.05) is 17.4 Å². The van der Waals surface area contributed by atoms with Gasteiger partial charge in [0.25, 0.3) is 10.0 Å². The normalized spacial score (nSPS) is 12.4. The van der Waals surface area contributed by atoms with Crippen molar-refractivity contribution < 1.29 is 31.2 Å². The van der Waals surface area contributed by atoms with E-state index in [1.54, 1.807) is 25.1 Å². The van der Waals surface area contributed by atoms with Crippen LogP contribution in [0, 0.1) is 6.92 Å². The van der Waals surface area contributed by atoms with Crippen molar-refractivity contribution in [3.8, 4) is 0 Å². The van der Waals surface area contributed by atoms with Crippen LogP contribution in [0.2, 0.25) is 0 Å². The number of carbonyl (C=O) groups is 2.